The second-order valence-corrected chi connectivity index (χ2v) is 11.0. The molecule has 2 heterocycles. The van der Waals surface area contributed by atoms with Crippen LogP contribution in [-0.4, -0.2) is 9.38 Å². The molecular formula is C34H24N2. The van der Waals surface area contributed by atoms with E-state index in [2.05, 4.69) is 120 Å². The number of imidazole rings is 1. The molecular weight excluding hydrogens is 436 g/mol. The summed E-state index contributed by atoms with van der Waals surface area (Å²) in [7, 11) is 0. The highest BCUT2D eigenvalue weighted by molar-refractivity contribution is 5.88. The Balaban J connectivity index is 1.11. The summed E-state index contributed by atoms with van der Waals surface area (Å²) >= 11 is 0. The molecule has 1 saturated carbocycles. The number of hydrogen-bond donors (Lipinski definition) is 0. The molecule has 36 heavy (non-hydrogen) atoms. The molecule has 2 heteroatoms. The van der Waals surface area contributed by atoms with Crippen LogP contribution in [0.5, 0.6) is 0 Å². The average Bonchev–Trinajstić information content (AvgIpc) is 3.33. The highest BCUT2D eigenvalue weighted by Crippen LogP contribution is 2.77. The van der Waals surface area contributed by atoms with Crippen LogP contribution in [0.15, 0.2) is 132 Å². The quantitative estimate of drug-likeness (QED) is 0.297. The Labute approximate surface area is 210 Å². The van der Waals surface area contributed by atoms with Crippen molar-refractivity contribution in [3.05, 3.63) is 138 Å². The van der Waals surface area contributed by atoms with Crippen LogP contribution >= 0.6 is 0 Å². The minimum absolute atomic E-state index is 0.163. The molecule has 3 unspecified atom stereocenters. The molecule has 0 saturated heterocycles. The van der Waals surface area contributed by atoms with Gasteiger partial charge in [0.2, 0.25) is 0 Å². The van der Waals surface area contributed by atoms with Gasteiger partial charge in [-0.2, -0.15) is 0 Å². The van der Waals surface area contributed by atoms with Gasteiger partial charge >= 0.3 is 0 Å². The maximum atomic E-state index is 4.94. The molecule has 2 aromatic carbocycles. The van der Waals surface area contributed by atoms with Crippen molar-refractivity contribution in [3.8, 4) is 11.3 Å². The molecule has 9 rings (SSSR count). The van der Waals surface area contributed by atoms with Crippen molar-refractivity contribution >= 4 is 22.0 Å². The maximum absolute atomic E-state index is 4.94. The third-order valence-corrected chi connectivity index (χ3v) is 9.34. The minimum atomic E-state index is 0.163. The molecule has 4 aromatic rings. The summed E-state index contributed by atoms with van der Waals surface area (Å²) in [6.07, 6.45) is 25.8. The van der Waals surface area contributed by atoms with Crippen LogP contribution in [0, 0.1) is 16.7 Å². The van der Waals surface area contributed by atoms with Crippen LogP contribution in [0.1, 0.15) is 18.4 Å². The molecule has 0 radical (unpaired) electrons. The van der Waals surface area contributed by atoms with Crippen LogP contribution in [0.3, 0.4) is 0 Å². The van der Waals surface area contributed by atoms with Gasteiger partial charge in [-0.15, -0.1) is 0 Å². The van der Waals surface area contributed by atoms with Crippen molar-refractivity contribution in [1.82, 2.24) is 9.38 Å². The first-order valence-corrected chi connectivity index (χ1v) is 12.9. The summed E-state index contributed by atoms with van der Waals surface area (Å²) in [5.41, 5.74) is 10.9. The second-order valence-electron chi connectivity index (χ2n) is 11.0. The molecule has 5 aliphatic carbocycles. The number of rotatable bonds is 2. The number of nitrogens with zero attached hydrogens (tertiary/aromatic N) is 2. The molecule has 0 amide bonds. The van der Waals surface area contributed by atoms with E-state index in [0.717, 1.165) is 23.3 Å². The molecule has 0 N–H and O–H groups in total. The largest absolute Gasteiger partial charge is 0.306 e. The van der Waals surface area contributed by atoms with Gasteiger partial charge in [-0.25, -0.2) is 4.98 Å². The minimum Gasteiger partial charge on any atom is -0.306 e. The van der Waals surface area contributed by atoms with Gasteiger partial charge in [-0.1, -0.05) is 103 Å². The van der Waals surface area contributed by atoms with Gasteiger partial charge in [0, 0.05) is 34.7 Å². The molecule has 3 atom stereocenters. The van der Waals surface area contributed by atoms with E-state index in [-0.39, 0.29) is 10.8 Å². The van der Waals surface area contributed by atoms with Crippen LogP contribution in [0.2, 0.25) is 0 Å². The van der Waals surface area contributed by atoms with E-state index in [1.165, 1.54) is 33.9 Å². The van der Waals surface area contributed by atoms with E-state index in [0.29, 0.717) is 5.92 Å². The van der Waals surface area contributed by atoms with Crippen LogP contribution in [-0.2, 0) is 0 Å². The number of benzene rings is 2. The Bertz CT molecular complexity index is 1780. The summed E-state index contributed by atoms with van der Waals surface area (Å²) in [5, 5.41) is 2.45. The van der Waals surface area contributed by atoms with Gasteiger partial charge < -0.3 is 4.40 Å². The highest BCUT2D eigenvalue weighted by atomic mass is 15.0. The highest BCUT2D eigenvalue weighted by Gasteiger charge is 2.68. The molecule has 5 aliphatic rings. The Morgan fingerprint density at radius 3 is 2.64 bits per heavy atom. The van der Waals surface area contributed by atoms with Gasteiger partial charge in [0.05, 0.1) is 5.69 Å². The van der Waals surface area contributed by atoms with Crippen LogP contribution in [0.25, 0.3) is 33.3 Å². The molecule has 1 spiro atoms. The van der Waals surface area contributed by atoms with Crippen molar-refractivity contribution in [2.45, 2.75) is 12.8 Å². The first-order valence-electron chi connectivity index (χ1n) is 12.9. The van der Waals surface area contributed by atoms with Crippen molar-refractivity contribution < 1.29 is 0 Å². The molecule has 2 bridgehead atoms. The predicted molar refractivity (Wildman–Crippen MR) is 146 cm³/mol. The van der Waals surface area contributed by atoms with E-state index in [1.807, 2.05) is 0 Å². The summed E-state index contributed by atoms with van der Waals surface area (Å²) in [6, 6.07) is 19.7. The Morgan fingerprint density at radius 1 is 0.861 bits per heavy atom. The van der Waals surface area contributed by atoms with Crippen molar-refractivity contribution in [2.24, 2.45) is 16.7 Å². The topological polar surface area (TPSA) is 17.3 Å². The van der Waals surface area contributed by atoms with Gasteiger partial charge in [-0.3, -0.25) is 0 Å². The average molecular weight is 461 g/mol. The predicted octanol–water partition coefficient (Wildman–Crippen LogP) is 7.87. The zero-order valence-electron chi connectivity index (χ0n) is 19.9. The van der Waals surface area contributed by atoms with E-state index < -0.39 is 0 Å². The number of hydrogen-bond acceptors (Lipinski definition) is 1. The van der Waals surface area contributed by atoms with E-state index >= 15 is 0 Å². The number of fused-ring (bicyclic) bond motifs is 2. The van der Waals surface area contributed by atoms with E-state index in [1.54, 1.807) is 11.1 Å². The normalized spacial score (nSPS) is 28.7. The standard InChI is InChI=1S/C34H24N2/c1-2-5-26-19-36-20-30(35-31(36)18-25(26)4-1)23-9-7-22(8-10-23)28-13-12-27-15-17-33-16-3-6-24-11-14-29(28)34(27,21-33)32(24)33/h1-10,12-20,32H,11,21H2. The molecule has 0 aliphatic heterocycles. The van der Waals surface area contributed by atoms with E-state index in [9.17, 15) is 0 Å². The fourth-order valence-corrected chi connectivity index (χ4v) is 7.84. The Kier molecular flexibility index (Phi) is 3.35. The Morgan fingerprint density at radius 2 is 1.72 bits per heavy atom. The van der Waals surface area contributed by atoms with Gasteiger partial charge in [-0.05, 0) is 52.0 Å². The summed E-state index contributed by atoms with van der Waals surface area (Å²) in [6.45, 7) is 0. The van der Waals surface area contributed by atoms with Gasteiger partial charge in [0.15, 0.2) is 0 Å². The van der Waals surface area contributed by atoms with E-state index in [4.69, 9.17) is 4.98 Å². The third kappa shape index (κ3) is 2.21. The smallest absolute Gasteiger partial charge is 0.138 e. The van der Waals surface area contributed by atoms with Crippen LogP contribution < -0.4 is 0 Å². The number of aromatic nitrogens is 2. The summed E-state index contributed by atoms with van der Waals surface area (Å²) < 4.78 is 2.14. The maximum Gasteiger partial charge on any atom is 0.138 e. The fraction of sp³-hybridized carbons (Fsp3) is 0.147. The third-order valence-electron chi connectivity index (χ3n) is 9.34. The summed E-state index contributed by atoms with van der Waals surface area (Å²) in [4.78, 5) is 4.94. The van der Waals surface area contributed by atoms with Crippen molar-refractivity contribution in [3.63, 3.8) is 0 Å². The summed E-state index contributed by atoms with van der Waals surface area (Å²) in [5.74, 6) is 0.600. The fourth-order valence-electron chi connectivity index (χ4n) is 7.84. The lowest BCUT2D eigenvalue weighted by atomic mass is 9.33. The molecule has 1 fully saturated rings. The SMILES string of the molecule is C1=CC23C=CC4=CC=C(c5ccc(-c6cn7cc8ccccc8cc7n6)cc5)C5=CCC(=C1)C2C45C3. The van der Waals surface area contributed by atoms with Crippen LogP contribution in [0.4, 0.5) is 0 Å². The first kappa shape index (κ1) is 19.1. The lowest BCUT2D eigenvalue weighted by Gasteiger charge is -2.69. The first-order chi connectivity index (χ1) is 17.7. The van der Waals surface area contributed by atoms with Gasteiger partial charge in [0.25, 0.3) is 0 Å². The lowest BCUT2D eigenvalue weighted by molar-refractivity contribution is 0.0101. The lowest BCUT2D eigenvalue weighted by Crippen LogP contribution is -2.61. The number of pyridine rings is 1. The molecule has 2 aromatic heterocycles. The Hall–Kier alpha value is -4.17. The number of allylic oxidation sites excluding steroid dienone is 12. The monoisotopic (exact) mass is 460 g/mol. The van der Waals surface area contributed by atoms with Crippen molar-refractivity contribution in [1.29, 1.82) is 0 Å². The zero-order valence-corrected chi connectivity index (χ0v) is 19.9. The van der Waals surface area contributed by atoms with Gasteiger partial charge in [0.1, 0.15) is 5.65 Å². The second kappa shape index (κ2) is 6.33. The molecule has 2 nitrogen and oxygen atoms in total. The zero-order chi connectivity index (χ0) is 23.5. The molecule has 170 valence electrons. The van der Waals surface area contributed by atoms with Crippen molar-refractivity contribution in [2.75, 3.05) is 0 Å².